The molecule has 8 heteroatoms. The van der Waals surface area contributed by atoms with E-state index in [1.807, 2.05) is 35.0 Å². The number of carbonyl (C=O) groups excluding carboxylic acids is 1. The van der Waals surface area contributed by atoms with E-state index in [0.29, 0.717) is 19.6 Å². The molecule has 0 spiro atoms. The highest BCUT2D eigenvalue weighted by molar-refractivity contribution is 7.89. The number of rotatable bonds is 9. The van der Waals surface area contributed by atoms with E-state index < -0.39 is 10.0 Å². The Morgan fingerprint density at radius 2 is 1.59 bits per heavy atom. The van der Waals surface area contributed by atoms with Crippen molar-refractivity contribution in [3.8, 4) is 0 Å². The SMILES string of the molecule is CCNS(=O)(=O)c1ccc(/C=C/C(=O)N(Cc2cccs2)Cc2cccs2)cc1. The Balaban J connectivity index is 1.71. The van der Waals surface area contributed by atoms with Crippen LogP contribution in [0.4, 0.5) is 0 Å². The van der Waals surface area contributed by atoms with Crippen LogP contribution in [0.15, 0.2) is 70.3 Å². The minimum absolute atomic E-state index is 0.0869. The van der Waals surface area contributed by atoms with E-state index in [-0.39, 0.29) is 10.8 Å². The molecule has 0 fully saturated rings. The number of sulfonamides is 1. The summed E-state index contributed by atoms with van der Waals surface area (Å²) in [6.45, 7) is 3.18. The molecule has 152 valence electrons. The van der Waals surface area contributed by atoms with Crippen LogP contribution in [-0.2, 0) is 27.9 Å². The lowest BCUT2D eigenvalue weighted by Gasteiger charge is -2.20. The number of nitrogens with zero attached hydrogens (tertiary/aromatic N) is 1. The maximum absolute atomic E-state index is 12.8. The fourth-order valence-electron chi connectivity index (χ4n) is 2.70. The van der Waals surface area contributed by atoms with Crippen LogP contribution in [0.1, 0.15) is 22.2 Å². The van der Waals surface area contributed by atoms with Gasteiger partial charge in [0.2, 0.25) is 15.9 Å². The Hall–Kier alpha value is -2.26. The molecule has 2 heterocycles. The predicted octanol–water partition coefficient (Wildman–Crippen LogP) is 4.35. The van der Waals surface area contributed by atoms with Crippen molar-refractivity contribution in [2.45, 2.75) is 24.9 Å². The molecule has 0 radical (unpaired) electrons. The first-order valence-electron chi connectivity index (χ1n) is 9.09. The van der Waals surface area contributed by atoms with Gasteiger partial charge in [0, 0.05) is 22.4 Å². The summed E-state index contributed by atoms with van der Waals surface area (Å²) in [7, 11) is -3.48. The molecule has 0 aliphatic heterocycles. The third-order valence-corrected chi connectivity index (χ3v) is 7.39. The van der Waals surface area contributed by atoms with Gasteiger partial charge in [0.1, 0.15) is 0 Å². The number of carbonyl (C=O) groups is 1. The van der Waals surface area contributed by atoms with Gasteiger partial charge in [-0.05, 0) is 46.7 Å². The highest BCUT2D eigenvalue weighted by atomic mass is 32.2. The molecule has 1 amide bonds. The minimum atomic E-state index is -3.48. The second-order valence-electron chi connectivity index (χ2n) is 6.26. The number of benzene rings is 1. The molecule has 0 aliphatic carbocycles. The Bertz CT molecular complexity index is 1000. The molecular formula is C21H22N2O3S3. The fourth-order valence-corrected chi connectivity index (χ4v) is 5.18. The van der Waals surface area contributed by atoms with Crippen molar-refractivity contribution < 1.29 is 13.2 Å². The van der Waals surface area contributed by atoms with Gasteiger partial charge in [-0.2, -0.15) is 0 Å². The van der Waals surface area contributed by atoms with Crippen LogP contribution in [0, 0.1) is 0 Å². The molecule has 5 nitrogen and oxygen atoms in total. The number of hydrogen-bond acceptors (Lipinski definition) is 5. The van der Waals surface area contributed by atoms with Crippen LogP contribution in [0.5, 0.6) is 0 Å². The van der Waals surface area contributed by atoms with Gasteiger partial charge in [-0.1, -0.05) is 31.2 Å². The summed E-state index contributed by atoms with van der Waals surface area (Å²) >= 11 is 3.25. The monoisotopic (exact) mass is 446 g/mol. The minimum Gasteiger partial charge on any atom is -0.329 e. The first-order valence-corrected chi connectivity index (χ1v) is 12.3. The smallest absolute Gasteiger partial charge is 0.247 e. The van der Waals surface area contributed by atoms with Crippen LogP contribution in [-0.4, -0.2) is 25.8 Å². The fraction of sp³-hybridized carbons (Fsp3) is 0.190. The van der Waals surface area contributed by atoms with E-state index in [1.165, 1.54) is 18.2 Å². The van der Waals surface area contributed by atoms with Crippen LogP contribution < -0.4 is 4.72 Å². The number of thiophene rings is 2. The zero-order valence-corrected chi connectivity index (χ0v) is 18.4. The van der Waals surface area contributed by atoms with E-state index in [2.05, 4.69) is 4.72 Å². The molecule has 0 saturated heterocycles. The summed E-state index contributed by atoms with van der Waals surface area (Å²) in [4.78, 5) is 17.1. The van der Waals surface area contributed by atoms with Crippen molar-refractivity contribution in [1.82, 2.24) is 9.62 Å². The van der Waals surface area contributed by atoms with Gasteiger partial charge in [0.05, 0.1) is 18.0 Å². The molecular weight excluding hydrogens is 424 g/mol. The van der Waals surface area contributed by atoms with E-state index >= 15 is 0 Å². The van der Waals surface area contributed by atoms with Gasteiger partial charge >= 0.3 is 0 Å². The molecule has 1 N–H and O–H groups in total. The van der Waals surface area contributed by atoms with E-state index in [1.54, 1.807) is 52.7 Å². The molecule has 2 aromatic heterocycles. The highest BCUT2D eigenvalue weighted by Crippen LogP contribution is 2.18. The Morgan fingerprint density at radius 1 is 1.00 bits per heavy atom. The second kappa shape index (κ2) is 9.98. The molecule has 0 aliphatic rings. The summed E-state index contributed by atoms with van der Waals surface area (Å²) in [5.41, 5.74) is 0.765. The summed E-state index contributed by atoms with van der Waals surface area (Å²) in [5, 5.41) is 4.00. The first-order chi connectivity index (χ1) is 14.0. The molecule has 0 bridgehead atoms. The number of amides is 1. The zero-order valence-electron chi connectivity index (χ0n) is 15.9. The quantitative estimate of drug-likeness (QED) is 0.497. The third-order valence-electron chi connectivity index (χ3n) is 4.11. The average Bonchev–Trinajstić information content (AvgIpc) is 3.40. The summed E-state index contributed by atoms with van der Waals surface area (Å²) < 4.78 is 26.5. The van der Waals surface area contributed by atoms with E-state index in [4.69, 9.17) is 0 Å². The molecule has 3 aromatic rings. The third kappa shape index (κ3) is 6.11. The van der Waals surface area contributed by atoms with Crippen molar-refractivity contribution >= 4 is 44.7 Å². The van der Waals surface area contributed by atoms with Crippen LogP contribution in [0.3, 0.4) is 0 Å². The Labute approximate surface area is 179 Å². The maximum Gasteiger partial charge on any atom is 0.247 e. The van der Waals surface area contributed by atoms with Crippen molar-refractivity contribution in [3.05, 3.63) is 80.7 Å². The van der Waals surface area contributed by atoms with Gasteiger partial charge in [0.15, 0.2) is 0 Å². The topological polar surface area (TPSA) is 66.5 Å². The lowest BCUT2D eigenvalue weighted by molar-refractivity contribution is -0.127. The van der Waals surface area contributed by atoms with Crippen molar-refractivity contribution in [2.24, 2.45) is 0 Å². The van der Waals surface area contributed by atoms with Crippen LogP contribution in [0.25, 0.3) is 6.08 Å². The maximum atomic E-state index is 12.8. The van der Waals surface area contributed by atoms with E-state index in [9.17, 15) is 13.2 Å². The lowest BCUT2D eigenvalue weighted by atomic mass is 10.2. The Kier molecular flexibility index (Phi) is 7.38. The molecule has 29 heavy (non-hydrogen) atoms. The second-order valence-corrected chi connectivity index (χ2v) is 10.1. The predicted molar refractivity (Wildman–Crippen MR) is 119 cm³/mol. The van der Waals surface area contributed by atoms with Crippen molar-refractivity contribution in [2.75, 3.05) is 6.54 Å². The van der Waals surface area contributed by atoms with E-state index in [0.717, 1.165) is 15.3 Å². The normalized spacial score (nSPS) is 11.8. The van der Waals surface area contributed by atoms with Gasteiger partial charge in [-0.25, -0.2) is 13.1 Å². The van der Waals surface area contributed by atoms with Gasteiger partial charge < -0.3 is 4.90 Å². The average molecular weight is 447 g/mol. The largest absolute Gasteiger partial charge is 0.329 e. The van der Waals surface area contributed by atoms with Crippen molar-refractivity contribution in [1.29, 1.82) is 0 Å². The van der Waals surface area contributed by atoms with Crippen LogP contribution in [0.2, 0.25) is 0 Å². The van der Waals surface area contributed by atoms with Gasteiger partial charge in [-0.15, -0.1) is 22.7 Å². The molecule has 0 saturated carbocycles. The van der Waals surface area contributed by atoms with Gasteiger partial charge in [-0.3, -0.25) is 4.79 Å². The highest BCUT2D eigenvalue weighted by Gasteiger charge is 2.14. The molecule has 0 unspecified atom stereocenters. The van der Waals surface area contributed by atoms with Crippen LogP contribution >= 0.6 is 22.7 Å². The zero-order chi connectivity index (χ0) is 20.7. The summed E-state index contributed by atoms with van der Waals surface area (Å²) in [5.74, 6) is -0.0869. The summed E-state index contributed by atoms with van der Waals surface area (Å²) in [6, 6.07) is 14.5. The first kappa shape index (κ1) is 21.4. The standard InChI is InChI=1S/C21H22N2O3S3/c1-2-22-29(25,26)20-10-7-17(8-11-20)9-12-21(24)23(15-18-5-3-13-27-18)16-19-6-4-14-28-19/h3-14,22H,2,15-16H2,1H3/b12-9+. The lowest BCUT2D eigenvalue weighted by Crippen LogP contribution is -2.27. The van der Waals surface area contributed by atoms with Gasteiger partial charge in [0.25, 0.3) is 0 Å². The van der Waals surface area contributed by atoms with Crippen molar-refractivity contribution in [3.63, 3.8) is 0 Å². The number of hydrogen-bond donors (Lipinski definition) is 1. The summed E-state index contributed by atoms with van der Waals surface area (Å²) in [6.07, 6.45) is 3.25. The number of nitrogens with one attached hydrogen (secondary N) is 1. The Morgan fingerprint density at radius 3 is 2.07 bits per heavy atom. The molecule has 0 atom stereocenters. The molecule has 3 rings (SSSR count). The molecule has 1 aromatic carbocycles.